The van der Waals surface area contributed by atoms with Crippen LogP contribution in [0.5, 0.6) is 0 Å². The number of fused-ring (bicyclic) bond motifs is 1. The number of hydrogen-bond donors (Lipinski definition) is 1. The summed E-state index contributed by atoms with van der Waals surface area (Å²) in [5.41, 5.74) is 2.36. The number of allylic oxidation sites excluding steroid dienone is 1. The van der Waals surface area contributed by atoms with Crippen molar-refractivity contribution >= 4 is 11.9 Å². The molecule has 5 nitrogen and oxygen atoms in total. The molecular weight excluding hydrogens is 380 g/mol. The number of aliphatic hydroxyl groups excluding tert-OH is 1. The summed E-state index contributed by atoms with van der Waals surface area (Å²) in [4.78, 5) is 24.1. The monoisotopic (exact) mass is 416 g/mol. The number of ether oxygens (including phenoxy) is 2. The van der Waals surface area contributed by atoms with Crippen molar-refractivity contribution in [3.05, 3.63) is 34.9 Å². The summed E-state index contributed by atoms with van der Waals surface area (Å²) in [7, 11) is 0. The molecule has 0 bridgehead atoms. The molecule has 1 aliphatic heterocycles. The number of carbonyl (C=O) groups excluding carboxylic acids is 2. The van der Waals surface area contributed by atoms with Crippen LogP contribution in [0.2, 0.25) is 0 Å². The summed E-state index contributed by atoms with van der Waals surface area (Å²) in [6.07, 6.45) is 7.76. The predicted molar refractivity (Wildman–Crippen MR) is 115 cm³/mol. The smallest absolute Gasteiger partial charge is 0.333 e. The Morgan fingerprint density at radius 1 is 1.37 bits per heavy atom. The molecule has 1 N–H and O–H groups in total. The highest BCUT2D eigenvalue weighted by molar-refractivity contribution is 5.87. The van der Waals surface area contributed by atoms with Gasteiger partial charge in [-0.15, -0.1) is 0 Å². The van der Waals surface area contributed by atoms with E-state index in [1.54, 1.807) is 19.1 Å². The van der Waals surface area contributed by atoms with Gasteiger partial charge < -0.3 is 14.6 Å². The summed E-state index contributed by atoms with van der Waals surface area (Å²) in [6, 6.07) is 0. The predicted octanol–water partition coefficient (Wildman–Crippen LogP) is 4.51. The lowest BCUT2D eigenvalue weighted by Gasteiger charge is -2.61. The highest BCUT2D eigenvalue weighted by Crippen LogP contribution is 2.62. The molecule has 30 heavy (non-hydrogen) atoms. The fourth-order valence-electron chi connectivity index (χ4n) is 5.83. The summed E-state index contributed by atoms with van der Waals surface area (Å²) in [5, 5.41) is 10.6. The largest absolute Gasteiger partial charge is 0.458 e. The van der Waals surface area contributed by atoms with E-state index in [9.17, 15) is 14.7 Å². The Balaban J connectivity index is 1.93. The van der Waals surface area contributed by atoms with Crippen molar-refractivity contribution in [1.29, 1.82) is 0 Å². The second-order valence-corrected chi connectivity index (χ2v) is 9.91. The molecule has 166 valence electrons. The molecule has 2 aliphatic carbocycles. The molecule has 3 rings (SSSR count). The molecule has 0 saturated heterocycles. The molecule has 0 aromatic rings. The van der Waals surface area contributed by atoms with Crippen LogP contribution in [0, 0.1) is 22.7 Å². The van der Waals surface area contributed by atoms with Gasteiger partial charge in [-0.05, 0) is 69.3 Å². The Kier molecular flexibility index (Phi) is 6.33. The van der Waals surface area contributed by atoms with E-state index < -0.39 is 6.10 Å². The van der Waals surface area contributed by atoms with Gasteiger partial charge in [-0.1, -0.05) is 38.5 Å². The number of hydrogen-bond acceptors (Lipinski definition) is 5. The van der Waals surface area contributed by atoms with Gasteiger partial charge in [-0.3, -0.25) is 0 Å². The number of esters is 2. The number of rotatable bonds is 5. The summed E-state index contributed by atoms with van der Waals surface area (Å²) < 4.78 is 11.1. The van der Waals surface area contributed by atoms with Crippen molar-refractivity contribution in [1.82, 2.24) is 0 Å². The van der Waals surface area contributed by atoms with Crippen LogP contribution in [0.4, 0.5) is 0 Å². The van der Waals surface area contributed by atoms with Gasteiger partial charge in [0, 0.05) is 17.1 Å². The maximum Gasteiger partial charge on any atom is 0.333 e. The lowest BCUT2D eigenvalue weighted by Crippen LogP contribution is -2.58. The lowest BCUT2D eigenvalue weighted by molar-refractivity contribution is -0.175. The van der Waals surface area contributed by atoms with Crippen LogP contribution in [0.1, 0.15) is 67.2 Å². The van der Waals surface area contributed by atoms with Crippen molar-refractivity contribution in [3.63, 3.8) is 0 Å². The fraction of sp³-hybridized carbons (Fsp3) is 0.680. The van der Waals surface area contributed by atoms with Gasteiger partial charge in [-0.25, -0.2) is 9.59 Å². The maximum absolute atomic E-state index is 12.6. The molecule has 0 unspecified atom stereocenters. The quantitative estimate of drug-likeness (QED) is 0.406. The van der Waals surface area contributed by atoms with Crippen LogP contribution in [0.15, 0.2) is 34.9 Å². The highest BCUT2D eigenvalue weighted by atomic mass is 16.5. The molecule has 5 heteroatoms. The Morgan fingerprint density at radius 2 is 2.07 bits per heavy atom. The van der Waals surface area contributed by atoms with Crippen LogP contribution < -0.4 is 0 Å². The topological polar surface area (TPSA) is 72.8 Å². The lowest BCUT2D eigenvalue weighted by atomic mass is 9.45. The Labute approximate surface area is 180 Å². The first-order valence-corrected chi connectivity index (χ1v) is 11.1. The Hall–Kier alpha value is -1.88. The molecule has 1 fully saturated rings. The van der Waals surface area contributed by atoms with Gasteiger partial charge in [0.05, 0.1) is 6.10 Å². The fourth-order valence-corrected chi connectivity index (χ4v) is 5.83. The first-order valence-electron chi connectivity index (χ1n) is 11.1. The zero-order valence-corrected chi connectivity index (χ0v) is 19.2. The number of carbonyl (C=O) groups is 2. The highest BCUT2D eigenvalue weighted by Gasteiger charge is 2.59. The SMILES string of the molecule is C/C=C(/C)C(=O)O[C@@H]1C[C@@H](C)[C@@](C)(CCC2=CC(=O)OC2)[C@@H]2C[C@@H](O)C=C(C)[C@]12C. The summed E-state index contributed by atoms with van der Waals surface area (Å²) in [6.45, 7) is 12.8. The Morgan fingerprint density at radius 3 is 2.67 bits per heavy atom. The average molecular weight is 417 g/mol. The number of aliphatic hydroxyl groups is 1. The summed E-state index contributed by atoms with van der Waals surface area (Å²) in [5.74, 6) is -0.0501. The van der Waals surface area contributed by atoms with Crippen molar-refractivity contribution in [2.75, 3.05) is 6.61 Å². The Bertz CT molecular complexity index is 806. The van der Waals surface area contributed by atoms with E-state index in [0.29, 0.717) is 24.5 Å². The van der Waals surface area contributed by atoms with Crippen molar-refractivity contribution in [3.8, 4) is 0 Å². The minimum absolute atomic E-state index is 0.0593. The molecule has 0 radical (unpaired) electrons. The minimum Gasteiger partial charge on any atom is -0.458 e. The van der Waals surface area contributed by atoms with Gasteiger partial charge >= 0.3 is 11.9 Å². The molecular formula is C25H36O5. The van der Waals surface area contributed by atoms with Gasteiger partial charge in [0.1, 0.15) is 12.7 Å². The van der Waals surface area contributed by atoms with Crippen LogP contribution in [0.25, 0.3) is 0 Å². The molecule has 1 saturated carbocycles. The standard InChI is InChI=1S/C25H36O5/c1-7-15(2)23(28)30-21-11-16(3)24(5,9-8-18-12-22(27)29-14-18)20-13-19(26)10-17(4)25(20,21)6/h7,10,12,16,19-21,26H,8-9,11,13-14H2,1-6H3/b15-7-/t16-,19+,20+,21-,24-,25+/m1/s1. The molecule has 0 aromatic heterocycles. The zero-order chi connectivity index (χ0) is 22.3. The first-order chi connectivity index (χ1) is 14.0. The molecule has 1 heterocycles. The zero-order valence-electron chi connectivity index (χ0n) is 19.2. The third-order valence-corrected chi connectivity index (χ3v) is 8.36. The third-order valence-electron chi connectivity index (χ3n) is 8.36. The van der Waals surface area contributed by atoms with E-state index in [-0.39, 0.29) is 34.8 Å². The van der Waals surface area contributed by atoms with Gasteiger partial charge in [0.25, 0.3) is 0 Å². The van der Waals surface area contributed by atoms with Crippen LogP contribution in [-0.4, -0.2) is 35.9 Å². The average Bonchev–Trinajstić information content (AvgIpc) is 3.11. The van der Waals surface area contributed by atoms with E-state index in [1.165, 1.54) is 0 Å². The van der Waals surface area contributed by atoms with E-state index in [2.05, 4.69) is 27.7 Å². The second-order valence-electron chi connectivity index (χ2n) is 9.91. The van der Waals surface area contributed by atoms with Crippen molar-refractivity contribution in [2.45, 2.75) is 79.4 Å². The minimum atomic E-state index is -0.489. The van der Waals surface area contributed by atoms with E-state index >= 15 is 0 Å². The summed E-state index contributed by atoms with van der Waals surface area (Å²) >= 11 is 0. The van der Waals surface area contributed by atoms with Gasteiger partial charge in [0.2, 0.25) is 0 Å². The van der Waals surface area contributed by atoms with Crippen LogP contribution in [-0.2, 0) is 19.1 Å². The van der Waals surface area contributed by atoms with Gasteiger partial charge in [-0.2, -0.15) is 0 Å². The first kappa shape index (κ1) is 22.8. The molecule has 3 aliphatic rings. The molecule has 6 atom stereocenters. The molecule has 0 spiro atoms. The molecule has 0 amide bonds. The molecule has 0 aromatic carbocycles. The van der Waals surface area contributed by atoms with Crippen LogP contribution in [0.3, 0.4) is 0 Å². The normalized spacial score (nSPS) is 39.0. The number of cyclic esters (lactones) is 1. The third kappa shape index (κ3) is 3.89. The second kappa shape index (κ2) is 8.33. The van der Waals surface area contributed by atoms with Crippen molar-refractivity contribution in [2.24, 2.45) is 22.7 Å². The van der Waals surface area contributed by atoms with Crippen molar-refractivity contribution < 1.29 is 24.2 Å². The maximum atomic E-state index is 12.6. The van der Waals surface area contributed by atoms with E-state index in [1.807, 2.05) is 13.0 Å². The van der Waals surface area contributed by atoms with E-state index in [0.717, 1.165) is 30.4 Å². The van der Waals surface area contributed by atoms with Crippen LogP contribution >= 0.6 is 0 Å². The van der Waals surface area contributed by atoms with Gasteiger partial charge in [0.15, 0.2) is 0 Å². The van der Waals surface area contributed by atoms with E-state index in [4.69, 9.17) is 9.47 Å².